The molecule has 1 fully saturated rings. The Morgan fingerprint density at radius 3 is 2.05 bits per heavy atom. The fourth-order valence-electron chi connectivity index (χ4n) is 3.39. The molecule has 2 rings (SSSR count). The minimum atomic E-state index is 0.565. The molecule has 0 N–H and O–H groups in total. The topological polar surface area (TPSA) is 16.1 Å². The Balaban J connectivity index is 2.12. The van der Waals surface area contributed by atoms with Crippen molar-refractivity contribution in [2.75, 3.05) is 18.0 Å². The van der Waals surface area contributed by atoms with Crippen LogP contribution in [-0.2, 0) is 0 Å². The maximum absolute atomic E-state index is 4.76. The van der Waals surface area contributed by atoms with E-state index in [0.717, 1.165) is 0 Å². The first-order chi connectivity index (χ1) is 9.09. The van der Waals surface area contributed by atoms with Gasteiger partial charge in [0.1, 0.15) is 0 Å². The van der Waals surface area contributed by atoms with Crippen molar-refractivity contribution < 1.29 is 0 Å². The summed E-state index contributed by atoms with van der Waals surface area (Å²) in [5, 5.41) is 0. The second-order valence-electron chi connectivity index (χ2n) is 6.50. The fraction of sp³-hybridized carbons (Fsp3) is 0.706. The number of aromatic nitrogens is 1. The van der Waals surface area contributed by atoms with E-state index in [2.05, 4.69) is 50.9 Å². The molecule has 19 heavy (non-hydrogen) atoms. The van der Waals surface area contributed by atoms with Crippen LogP contribution in [0.15, 0.2) is 18.3 Å². The van der Waals surface area contributed by atoms with Crippen LogP contribution in [0.1, 0.15) is 58.6 Å². The van der Waals surface area contributed by atoms with E-state index in [4.69, 9.17) is 4.98 Å². The van der Waals surface area contributed by atoms with Crippen molar-refractivity contribution in [3.63, 3.8) is 0 Å². The van der Waals surface area contributed by atoms with Crippen LogP contribution in [-0.4, -0.2) is 18.1 Å². The summed E-state index contributed by atoms with van der Waals surface area (Å²) in [4.78, 5) is 7.23. The highest BCUT2D eigenvalue weighted by molar-refractivity contribution is 5.45. The van der Waals surface area contributed by atoms with E-state index in [1.807, 2.05) is 0 Å². The number of nitrogens with zero attached hydrogens (tertiary/aromatic N) is 2. The molecule has 0 atom stereocenters. The van der Waals surface area contributed by atoms with Crippen LogP contribution in [0.5, 0.6) is 0 Å². The van der Waals surface area contributed by atoms with Crippen LogP contribution in [0.4, 0.5) is 5.69 Å². The molecule has 0 bridgehead atoms. The molecule has 106 valence electrons. The maximum Gasteiger partial charge on any atom is 0.0552 e. The highest BCUT2D eigenvalue weighted by Gasteiger charge is 2.21. The van der Waals surface area contributed by atoms with Gasteiger partial charge in [-0.2, -0.15) is 0 Å². The van der Waals surface area contributed by atoms with Crippen LogP contribution >= 0.6 is 0 Å². The Morgan fingerprint density at radius 2 is 1.58 bits per heavy atom. The Hall–Kier alpha value is -1.05. The number of pyridine rings is 1. The SMILES string of the molecule is CC(C)C(c1ccc(N2CCCCC2)cn1)C(C)C. The largest absolute Gasteiger partial charge is 0.370 e. The van der Waals surface area contributed by atoms with Crippen LogP contribution < -0.4 is 4.90 Å². The van der Waals surface area contributed by atoms with Crippen LogP contribution in [0.2, 0.25) is 0 Å². The lowest BCUT2D eigenvalue weighted by Crippen LogP contribution is -2.29. The van der Waals surface area contributed by atoms with Gasteiger partial charge < -0.3 is 4.90 Å². The summed E-state index contributed by atoms with van der Waals surface area (Å²) in [6.07, 6.45) is 6.11. The Morgan fingerprint density at radius 1 is 0.947 bits per heavy atom. The lowest BCUT2D eigenvalue weighted by molar-refractivity contribution is 0.380. The van der Waals surface area contributed by atoms with Gasteiger partial charge in [0, 0.05) is 24.7 Å². The van der Waals surface area contributed by atoms with E-state index in [0.29, 0.717) is 17.8 Å². The summed E-state index contributed by atoms with van der Waals surface area (Å²) in [6.45, 7) is 11.6. The van der Waals surface area contributed by atoms with E-state index in [1.165, 1.54) is 43.7 Å². The van der Waals surface area contributed by atoms with Gasteiger partial charge in [0.2, 0.25) is 0 Å². The van der Waals surface area contributed by atoms with E-state index in [-0.39, 0.29) is 0 Å². The third-order valence-corrected chi connectivity index (χ3v) is 4.27. The van der Waals surface area contributed by atoms with Gasteiger partial charge in [0.15, 0.2) is 0 Å². The second-order valence-corrected chi connectivity index (χ2v) is 6.50. The lowest BCUT2D eigenvalue weighted by atomic mass is 9.83. The summed E-state index contributed by atoms with van der Waals surface area (Å²) in [7, 11) is 0. The molecule has 0 aromatic carbocycles. The number of hydrogen-bond acceptors (Lipinski definition) is 2. The van der Waals surface area contributed by atoms with Gasteiger partial charge in [-0.3, -0.25) is 4.98 Å². The quantitative estimate of drug-likeness (QED) is 0.794. The standard InChI is InChI=1S/C17H28N2/c1-13(2)17(14(3)4)16-9-8-15(12-18-16)19-10-6-5-7-11-19/h8-9,12-14,17H,5-7,10-11H2,1-4H3. The zero-order chi connectivity index (χ0) is 13.8. The van der Waals surface area contributed by atoms with Crippen molar-refractivity contribution in [3.8, 4) is 0 Å². The lowest BCUT2D eigenvalue weighted by Gasteiger charge is -2.29. The van der Waals surface area contributed by atoms with Crippen molar-refractivity contribution in [1.29, 1.82) is 0 Å². The predicted molar refractivity (Wildman–Crippen MR) is 82.7 cm³/mol. The smallest absolute Gasteiger partial charge is 0.0552 e. The zero-order valence-corrected chi connectivity index (χ0v) is 12.9. The van der Waals surface area contributed by atoms with Gasteiger partial charge in [0.25, 0.3) is 0 Å². The normalized spacial score (nSPS) is 16.7. The van der Waals surface area contributed by atoms with E-state index in [1.54, 1.807) is 0 Å². The molecule has 2 heteroatoms. The number of rotatable bonds is 4. The van der Waals surface area contributed by atoms with Crippen molar-refractivity contribution in [2.24, 2.45) is 11.8 Å². The Labute approximate surface area is 118 Å². The van der Waals surface area contributed by atoms with E-state index >= 15 is 0 Å². The molecule has 1 aliphatic rings. The molecule has 1 aromatic rings. The van der Waals surface area contributed by atoms with Crippen molar-refractivity contribution in [3.05, 3.63) is 24.0 Å². The van der Waals surface area contributed by atoms with Gasteiger partial charge in [-0.05, 0) is 43.2 Å². The molecule has 1 saturated heterocycles. The average molecular weight is 260 g/mol. The fourth-order valence-corrected chi connectivity index (χ4v) is 3.39. The van der Waals surface area contributed by atoms with Crippen LogP contribution in [0, 0.1) is 11.8 Å². The monoisotopic (exact) mass is 260 g/mol. The van der Waals surface area contributed by atoms with Crippen molar-refractivity contribution >= 4 is 5.69 Å². The molecular formula is C17H28N2. The number of anilines is 1. The van der Waals surface area contributed by atoms with Gasteiger partial charge in [0.05, 0.1) is 11.9 Å². The van der Waals surface area contributed by atoms with Crippen molar-refractivity contribution in [2.45, 2.75) is 52.9 Å². The summed E-state index contributed by atoms with van der Waals surface area (Å²) in [5.74, 6) is 1.86. The molecule has 0 saturated carbocycles. The first kappa shape index (κ1) is 14.4. The first-order valence-electron chi connectivity index (χ1n) is 7.80. The number of hydrogen-bond donors (Lipinski definition) is 0. The molecule has 1 aliphatic heterocycles. The van der Waals surface area contributed by atoms with Crippen LogP contribution in [0.3, 0.4) is 0 Å². The molecule has 2 heterocycles. The molecule has 1 aromatic heterocycles. The Bertz CT molecular complexity index is 367. The summed E-state index contributed by atoms with van der Waals surface area (Å²) in [6, 6.07) is 4.51. The van der Waals surface area contributed by atoms with E-state index < -0.39 is 0 Å². The van der Waals surface area contributed by atoms with Crippen LogP contribution in [0.25, 0.3) is 0 Å². The van der Waals surface area contributed by atoms with Gasteiger partial charge in [-0.1, -0.05) is 27.7 Å². The molecule has 2 nitrogen and oxygen atoms in total. The highest BCUT2D eigenvalue weighted by Crippen LogP contribution is 2.31. The minimum absolute atomic E-state index is 0.565. The maximum atomic E-state index is 4.76. The molecule has 0 unspecified atom stereocenters. The summed E-state index contributed by atoms with van der Waals surface area (Å²) in [5.41, 5.74) is 2.56. The Kier molecular flexibility index (Phi) is 4.84. The third kappa shape index (κ3) is 3.49. The predicted octanol–water partition coefficient (Wildman–Crippen LogP) is 4.47. The van der Waals surface area contributed by atoms with Gasteiger partial charge in [-0.25, -0.2) is 0 Å². The number of piperidine rings is 1. The molecule has 0 spiro atoms. The van der Waals surface area contributed by atoms with E-state index in [9.17, 15) is 0 Å². The molecule has 0 aliphatic carbocycles. The van der Waals surface area contributed by atoms with Crippen molar-refractivity contribution in [1.82, 2.24) is 4.98 Å². The average Bonchev–Trinajstić information content (AvgIpc) is 2.40. The highest BCUT2D eigenvalue weighted by atomic mass is 15.1. The second kappa shape index (κ2) is 6.40. The third-order valence-electron chi connectivity index (χ3n) is 4.27. The molecule has 0 amide bonds. The van der Waals surface area contributed by atoms with Gasteiger partial charge in [-0.15, -0.1) is 0 Å². The molecular weight excluding hydrogens is 232 g/mol. The summed E-state index contributed by atoms with van der Waals surface area (Å²) < 4.78 is 0. The minimum Gasteiger partial charge on any atom is -0.370 e. The molecule has 0 radical (unpaired) electrons. The van der Waals surface area contributed by atoms with Gasteiger partial charge >= 0.3 is 0 Å². The first-order valence-corrected chi connectivity index (χ1v) is 7.80. The summed E-state index contributed by atoms with van der Waals surface area (Å²) >= 11 is 0. The zero-order valence-electron chi connectivity index (χ0n) is 12.9.